The summed E-state index contributed by atoms with van der Waals surface area (Å²) in [6.45, 7) is 0. The van der Waals surface area contributed by atoms with E-state index in [2.05, 4.69) is 18.2 Å². The lowest BCUT2D eigenvalue weighted by molar-refractivity contribution is 0.173. The van der Waals surface area contributed by atoms with Crippen LogP contribution in [0.1, 0.15) is 24.8 Å². The van der Waals surface area contributed by atoms with Crippen LogP contribution in [0.15, 0.2) is 54.6 Å². The first-order chi connectivity index (χ1) is 9.68. The Morgan fingerprint density at radius 1 is 1.30 bits per heavy atom. The van der Waals surface area contributed by atoms with E-state index in [1.54, 1.807) is 0 Å². The smallest absolute Gasteiger partial charge is 0.0761 e. The highest BCUT2D eigenvalue weighted by atomic mass is 16.3. The Morgan fingerprint density at radius 3 is 2.90 bits per heavy atom. The van der Waals surface area contributed by atoms with Gasteiger partial charge in [0.15, 0.2) is 0 Å². The van der Waals surface area contributed by atoms with E-state index in [1.165, 1.54) is 0 Å². The zero-order valence-corrected chi connectivity index (χ0v) is 11.7. The zero-order chi connectivity index (χ0) is 14.0. The van der Waals surface area contributed by atoms with Crippen molar-refractivity contribution in [2.45, 2.75) is 37.9 Å². The summed E-state index contributed by atoms with van der Waals surface area (Å²) in [5, 5.41) is 20.0. The van der Waals surface area contributed by atoms with Gasteiger partial charge in [0.25, 0.3) is 0 Å². The standard InChI is InChI=1S/C18H22O2/c19-16(11-14-5-2-1-3-6-14)8-10-18-9-4-7-15(18)12-17(20)13-18/h1-6,8-10,15-17,19-20H,7,11-13H2/b10-8+/t15?,16-,17?,18?/m0/s1. The van der Waals surface area contributed by atoms with Crippen LogP contribution in [0.2, 0.25) is 0 Å². The van der Waals surface area contributed by atoms with Crippen molar-refractivity contribution in [1.82, 2.24) is 0 Å². The molecule has 20 heavy (non-hydrogen) atoms. The van der Waals surface area contributed by atoms with E-state index in [-0.39, 0.29) is 11.5 Å². The third-order valence-electron chi connectivity index (χ3n) is 4.67. The summed E-state index contributed by atoms with van der Waals surface area (Å²) < 4.78 is 0. The first kappa shape index (κ1) is 13.6. The van der Waals surface area contributed by atoms with Crippen molar-refractivity contribution in [3.8, 4) is 0 Å². The van der Waals surface area contributed by atoms with Gasteiger partial charge >= 0.3 is 0 Å². The molecule has 3 rings (SSSR count). The number of aliphatic hydroxyl groups is 2. The molecule has 2 aliphatic rings. The molecule has 0 amide bonds. The third-order valence-corrected chi connectivity index (χ3v) is 4.67. The minimum absolute atomic E-state index is 0.0168. The van der Waals surface area contributed by atoms with Gasteiger partial charge in [-0.15, -0.1) is 0 Å². The molecule has 1 aromatic rings. The van der Waals surface area contributed by atoms with E-state index >= 15 is 0 Å². The summed E-state index contributed by atoms with van der Waals surface area (Å²) in [5.41, 5.74) is 1.13. The Kier molecular flexibility index (Phi) is 3.77. The van der Waals surface area contributed by atoms with Gasteiger partial charge in [-0.1, -0.05) is 54.6 Å². The Labute approximate surface area is 120 Å². The number of fused-ring (bicyclic) bond motifs is 1. The number of aliphatic hydroxyl groups excluding tert-OH is 2. The van der Waals surface area contributed by atoms with E-state index in [0.717, 1.165) is 24.8 Å². The van der Waals surface area contributed by atoms with Gasteiger partial charge < -0.3 is 10.2 Å². The minimum atomic E-state index is -0.459. The van der Waals surface area contributed by atoms with Crippen molar-refractivity contribution < 1.29 is 10.2 Å². The molecule has 1 fully saturated rings. The summed E-state index contributed by atoms with van der Waals surface area (Å²) >= 11 is 0. The molecule has 2 heteroatoms. The van der Waals surface area contributed by atoms with Crippen molar-refractivity contribution in [1.29, 1.82) is 0 Å². The quantitative estimate of drug-likeness (QED) is 0.826. The molecule has 2 N–H and O–H groups in total. The molecule has 1 saturated carbocycles. The van der Waals surface area contributed by atoms with Crippen LogP contribution >= 0.6 is 0 Å². The first-order valence-corrected chi connectivity index (χ1v) is 7.45. The third kappa shape index (κ3) is 2.72. The summed E-state index contributed by atoms with van der Waals surface area (Å²) in [7, 11) is 0. The number of hydrogen-bond acceptors (Lipinski definition) is 2. The van der Waals surface area contributed by atoms with Crippen molar-refractivity contribution in [3.05, 3.63) is 60.2 Å². The molecule has 0 spiro atoms. The molecular weight excluding hydrogens is 248 g/mol. The van der Waals surface area contributed by atoms with Gasteiger partial charge in [-0.3, -0.25) is 0 Å². The summed E-state index contributed by atoms with van der Waals surface area (Å²) in [6.07, 6.45) is 11.2. The lowest BCUT2D eigenvalue weighted by Gasteiger charge is -2.24. The second kappa shape index (κ2) is 5.55. The number of allylic oxidation sites excluding steroid dienone is 3. The number of hydrogen-bond donors (Lipinski definition) is 2. The molecule has 3 unspecified atom stereocenters. The molecule has 106 valence electrons. The van der Waals surface area contributed by atoms with Gasteiger partial charge in [0.1, 0.15) is 0 Å². The largest absolute Gasteiger partial charge is 0.393 e. The highest BCUT2D eigenvalue weighted by Crippen LogP contribution is 2.51. The van der Waals surface area contributed by atoms with Crippen LogP contribution in [0.25, 0.3) is 0 Å². The van der Waals surface area contributed by atoms with Crippen LogP contribution in [-0.2, 0) is 6.42 Å². The Morgan fingerprint density at radius 2 is 2.10 bits per heavy atom. The van der Waals surface area contributed by atoms with Crippen LogP contribution in [0, 0.1) is 11.3 Å². The van der Waals surface area contributed by atoms with Crippen LogP contribution in [0.3, 0.4) is 0 Å². The Bertz CT molecular complexity index is 505. The van der Waals surface area contributed by atoms with Gasteiger partial charge in [0, 0.05) is 11.8 Å². The maximum Gasteiger partial charge on any atom is 0.0761 e. The minimum Gasteiger partial charge on any atom is -0.393 e. The van der Waals surface area contributed by atoms with Crippen molar-refractivity contribution >= 4 is 0 Å². The lowest BCUT2D eigenvalue weighted by Crippen LogP contribution is -2.18. The molecule has 0 bridgehead atoms. The second-order valence-electron chi connectivity index (χ2n) is 6.16. The Balaban J connectivity index is 1.66. The summed E-state index contributed by atoms with van der Waals surface area (Å²) in [4.78, 5) is 0. The van der Waals surface area contributed by atoms with Crippen LogP contribution in [0.4, 0.5) is 0 Å². The van der Waals surface area contributed by atoms with E-state index in [9.17, 15) is 10.2 Å². The summed E-state index contributed by atoms with van der Waals surface area (Å²) in [5.74, 6) is 0.512. The van der Waals surface area contributed by atoms with Gasteiger partial charge in [-0.2, -0.15) is 0 Å². The Hall–Kier alpha value is -1.38. The predicted octanol–water partition coefficient (Wildman–Crippen LogP) is 2.86. The maximum atomic E-state index is 10.2. The average Bonchev–Trinajstić information content (AvgIpc) is 2.93. The monoisotopic (exact) mass is 270 g/mol. The molecule has 0 radical (unpaired) electrons. The molecule has 0 aromatic heterocycles. The zero-order valence-electron chi connectivity index (χ0n) is 11.7. The van der Waals surface area contributed by atoms with Crippen molar-refractivity contribution in [2.24, 2.45) is 11.3 Å². The summed E-state index contributed by atoms with van der Waals surface area (Å²) in [6, 6.07) is 10.0. The molecule has 2 nitrogen and oxygen atoms in total. The van der Waals surface area contributed by atoms with Gasteiger partial charge in [0.2, 0.25) is 0 Å². The van der Waals surface area contributed by atoms with Gasteiger partial charge in [-0.25, -0.2) is 0 Å². The normalized spacial score (nSPS) is 33.7. The number of benzene rings is 1. The topological polar surface area (TPSA) is 40.5 Å². The van der Waals surface area contributed by atoms with Crippen molar-refractivity contribution in [3.63, 3.8) is 0 Å². The maximum absolute atomic E-state index is 10.2. The molecule has 2 aliphatic carbocycles. The molecule has 0 heterocycles. The molecule has 0 aliphatic heterocycles. The van der Waals surface area contributed by atoms with Crippen LogP contribution in [-0.4, -0.2) is 22.4 Å². The van der Waals surface area contributed by atoms with E-state index in [0.29, 0.717) is 12.3 Å². The predicted molar refractivity (Wildman–Crippen MR) is 80.2 cm³/mol. The fourth-order valence-electron chi connectivity index (χ4n) is 3.65. The van der Waals surface area contributed by atoms with E-state index in [4.69, 9.17) is 0 Å². The van der Waals surface area contributed by atoms with Crippen molar-refractivity contribution in [2.75, 3.05) is 0 Å². The highest BCUT2D eigenvalue weighted by Gasteiger charge is 2.45. The molecular formula is C18H22O2. The lowest BCUT2D eigenvalue weighted by atomic mass is 9.80. The fraction of sp³-hybridized carbons (Fsp3) is 0.444. The van der Waals surface area contributed by atoms with Crippen LogP contribution in [0.5, 0.6) is 0 Å². The van der Waals surface area contributed by atoms with Crippen LogP contribution < -0.4 is 0 Å². The average molecular weight is 270 g/mol. The first-order valence-electron chi connectivity index (χ1n) is 7.45. The highest BCUT2D eigenvalue weighted by molar-refractivity contribution is 5.25. The second-order valence-corrected chi connectivity index (χ2v) is 6.16. The molecule has 4 atom stereocenters. The van der Waals surface area contributed by atoms with Gasteiger partial charge in [-0.05, 0) is 30.7 Å². The fourth-order valence-corrected chi connectivity index (χ4v) is 3.65. The SMILES string of the molecule is OC1CC2CC=CC2(/C=C/[C@H](O)Cc2ccccc2)C1. The van der Waals surface area contributed by atoms with E-state index < -0.39 is 6.10 Å². The number of rotatable bonds is 4. The molecule has 0 saturated heterocycles. The van der Waals surface area contributed by atoms with Gasteiger partial charge in [0.05, 0.1) is 12.2 Å². The van der Waals surface area contributed by atoms with E-state index in [1.807, 2.05) is 36.4 Å². The molecule has 1 aromatic carbocycles.